The van der Waals surface area contributed by atoms with Gasteiger partial charge in [0.15, 0.2) is 28.6 Å². The first-order valence-electron chi connectivity index (χ1n) is 8.95. The molecule has 0 aliphatic carbocycles. The number of anilines is 1. The number of methoxy groups -OCH3 is 1. The zero-order valence-electron chi connectivity index (χ0n) is 16.6. The molecule has 1 amide bonds. The summed E-state index contributed by atoms with van der Waals surface area (Å²) in [4.78, 5) is 12.3. The van der Waals surface area contributed by atoms with Crippen LogP contribution in [-0.2, 0) is 11.8 Å². The second kappa shape index (κ2) is 10.1. The van der Waals surface area contributed by atoms with E-state index in [0.717, 1.165) is 0 Å². The molecule has 3 rings (SSSR count). The van der Waals surface area contributed by atoms with E-state index in [1.807, 2.05) is 38.2 Å². The number of nitrogens with zero attached hydrogens (tertiary/aromatic N) is 3. The summed E-state index contributed by atoms with van der Waals surface area (Å²) in [5.74, 6) is 1.78. The van der Waals surface area contributed by atoms with Gasteiger partial charge >= 0.3 is 0 Å². The van der Waals surface area contributed by atoms with Gasteiger partial charge in [0.2, 0.25) is 5.91 Å². The van der Waals surface area contributed by atoms with Crippen LogP contribution in [0.1, 0.15) is 18.9 Å². The Labute approximate surface area is 188 Å². The predicted molar refractivity (Wildman–Crippen MR) is 119 cm³/mol. The normalized spacial score (nSPS) is 11.8. The first-order chi connectivity index (χ1) is 14.4. The Morgan fingerprint density at radius 1 is 1.20 bits per heavy atom. The van der Waals surface area contributed by atoms with E-state index in [1.165, 1.54) is 11.8 Å². The Balaban J connectivity index is 1.62. The Morgan fingerprint density at radius 3 is 2.67 bits per heavy atom. The highest BCUT2D eigenvalue weighted by atomic mass is 35.5. The van der Waals surface area contributed by atoms with Crippen LogP contribution in [0.15, 0.2) is 47.6 Å². The Bertz CT molecular complexity index is 1040. The fourth-order valence-electron chi connectivity index (χ4n) is 2.67. The van der Waals surface area contributed by atoms with Crippen molar-refractivity contribution in [1.29, 1.82) is 0 Å². The number of rotatable bonds is 8. The lowest BCUT2D eigenvalue weighted by atomic mass is 10.3. The van der Waals surface area contributed by atoms with Crippen LogP contribution in [0, 0.1) is 0 Å². The molecule has 1 atom stereocenters. The number of carbonyl (C=O) groups excluding carboxylic acids is 1. The molecule has 30 heavy (non-hydrogen) atoms. The third-order valence-corrected chi connectivity index (χ3v) is 5.72. The van der Waals surface area contributed by atoms with Gasteiger partial charge in [0.05, 0.1) is 23.6 Å². The predicted octanol–water partition coefficient (Wildman–Crippen LogP) is 5.00. The van der Waals surface area contributed by atoms with Gasteiger partial charge < -0.3 is 19.4 Å². The Hall–Kier alpha value is -2.42. The fourth-order valence-corrected chi connectivity index (χ4v) is 3.73. The van der Waals surface area contributed by atoms with E-state index < -0.39 is 0 Å². The quantitative estimate of drug-likeness (QED) is 0.470. The van der Waals surface area contributed by atoms with Crippen molar-refractivity contribution in [3.05, 3.63) is 58.3 Å². The van der Waals surface area contributed by atoms with Gasteiger partial charge in [-0.25, -0.2) is 0 Å². The lowest BCUT2D eigenvalue weighted by Gasteiger charge is -2.16. The number of hydrogen-bond donors (Lipinski definition) is 1. The van der Waals surface area contributed by atoms with Gasteiger partial charge in [-0.1, -0.05) is 47.1 Å². The Kier molecular flexibility index (Phi) is 7.47. The van der Waals surface area contributed by atoms with Gasteiger partial charge in [0, 0.05) is 12.1 Å². The molecule has 3 aromatic rings. The number of thioether (sulfide) groups is 1. The van der Waals surface area contributed by atoms with Crippen molar-refractivity contribution in [2.75, 3.05) is 18.2 Å². The second-order valence-electron chi connectivity index (χ2n) is 6.27. The number of halogens is 2. The Morgan fingerprint density at radius 2 is 1.93 bits per heavy atom. The van der Waals surface area contributed by atoms with Crippen molar-refractivity contribution in [2.24, 2.45) is 7.05 Å². The van der Waals surface area contributed by atoms with Gasteiger partial charge in [-0.05, 0) is 37.3 Å². The van der Waals surface area contributed by atoms with E-state index in [1.54, 1.807) is 29.9 Å². The van der Waals surface area contributed by atoms with E-state index in [4.69, 9.17) is 32.7 Å². The van der Waals surface area contributed by atoms with Crippen LogP contribution in [-0.4, -0.2) is 33.5 Å². The first-order valence-corrected chi connectivity index (χ1v) is 10.7. The highest BCUT2D eigenvalue weighted by molar-refractivity contribution is 7.99. The van der Waals surface area contributed by atoms with Crippen LogP contribution in [0.25, 0.3) is 0 Å². The van der Waals surface area contributed by atoms with Gasteiger partial charge in [0.1, 0.15) is 0 Å². The lowest BCUT2D eigenvalue weighted by Crippen LogP contribution is -2.15. The molecular formula is C20H20Cl2N4O3S. The molecule has 158 valence electrons. The van der Waals surface area contributed by atoms with Crippen LogP contribution in [0.2, 0.25) is 10.0 Å². The monoisotopic (exact) mass is 466 g/mol. The molecule has 0 bridgehead atoms. The SMILES string of the molecule is COc1ccccc1OC(C)c1nnc(SCC(=O)Nc2cc(Cl)ccc2Cl)n1C. The van der Waals surface area contributed by atoms with Crippen LogP contribution in [0.5, 0.6) is 11.5 Å². The molecule has 0 fully saturated rings. The maximum atomic E-state index is 12.3. The summed E-state index contributed by atoms with van der Waals surface area (Å²) in [5.41, 5.74) is 0.465. The largest absolute Gasteiger partial charge is 0.493 e. The van der Waals surface area contributed by atoms with Crippen molar-refractivity contribution < 1.29 is 14.3 Å². The molecule has 1 unspecified atom stereocenters. The van der Waals surface area contributed by atoms with Gasteiger partial charge in [0.25, 0.3) is 0 Å². The third kappa shape index (κ3) is 5.38. The minimum absolute atomic E-state index is 0.135. The topological polar surface area (TPSA) is 78.3 Å². The fraction of sp³-hybridized carbons (Fsp3) is 0.250. The van der Waals surface area contributed by atoms with Crippen molar-refractivity contribution in [3.63, 3.8) is 0 Å². The molecule has 2 aromatic carbocycles. The van der Waals surface area contributed by atoms with E-state index in [9.17, 15) is 4.79 Å². The summed E-state index contributed by atoms with van der Waals surface area (Å²) in [5, 5.41) is 12.6. The number of para-hydroxylation sites is 2. The average molecular weight is 467 g/mol. The smallest absolute Gasteiger partial charge is 0.234 e. The van der Waals surface area contributed by atoms with E-state index in [0.29, 0.717) is 38.2 Å². The molecule has 0 spiro atoms. The minimum Gasteiger partial charge on any atom is -0.493 e. The summed E-state index contributed by atoms with van der Waals surface area (Å²) >= 11 is 13.3. The average Bonchev–Trinajstić information content (AvgIpc) is 3.10. The number of amides is 1. The molecule has 1 aromatic heterocycles. The van der Waals surface area contributed by atoms with Crippen molar-refractivity contribution in [2.45, 2.75) is 18.2 Å². The number of carbonyl (C=O) groups is 1. The van der Waals surface area contributed by atoms with Crippen molar-refractivity contribution in [1.82, 2.24) is 14.8 Å². The van der Waals surface area contributed by atoms with E-state index in [-0.39, 0.29) is 17.8 Å². The van der Waals surface area contributed by atoms with Gasteiger partial charge in [-0.2, -0.15) is 0 Å². The summed E-state index contributed by atoms with van der Waals surface area (Å²) in [6.45, 7) is 1.87. The van der Waals surface area contributed by atoms with Crippen LogP contribution >= 0.6 is 35.0 Å². The number of aromatic nitrogens is 3. The molecule has 0 radical (unpaired) electrons. The van der Waals surface area contributed by atoms with E-state index >= 15 is 0 Å². The van der Waals surface area contributed by atoms with Crippen LogP contribution < -0.4 is 14.8 Å². The zero-order chi connectivity index (χ0) is 21.7. The number of ether oxygens (including phenoxy) is 2. The van der Waals surface area contributed by atoms with Crippen LogP contribution in [0.3, 0.4) is 0 Å². The van der Waals surface area contributed by atoms with Crippen molar-refractivity contribution >= 4 is 46.6 Å². The molecule has 0 aliphatic heterocycles. The second-order valence-corrected chi connectivity index (χ2v) is 8.06. The maximum Gasteiger partial charge on any atom is 0.234 e. The van der Waals surface area contributed by atoms with Gasteiger partial charge in [-0.15, -0.1) is 10.2 Å². The third-order valence-electron chi connectivity index (χ3n) is 4.14. The highest BCUT2D eigenvalue weighted by Gasteiger charge is 2.19. The molecule has 0 saturated heterocycles. The summed E-state index contributed by atoms with van der Waals surface area (Å²) in [6, 6.07) is 12.3. The standard InChI is InChI=1S/C20H20Cl2N4O3S/c1-12(29-17-7-5-4-6-16(17)28-3)19-24-25-20(26(19)2)30-11-18(27)23-15-10-13(21)8-9-14(15)22/h4-10,12H,11H2,1-3H3,(H,23,27). The molecule has 1 N–H and O–H groups in total. The minimum atomic E-state index is -0.368. The zero-order valence-corrected chi connectivity index (χ0v) is 18.9. The number of nitrogens with one attached hydrogen (secondary N) is 1. The number of benzene rings is 2. The highest BCUT2D eigenvalue weighted by Crippen LogP contribution is 2.31. The van der Waals surface area contributed by atoms with E-state index in [2.05, 4.69) is 15.5 Å². The maximum absolute atomic E-state index is 12.3. The lowest BCUT2D eigenvalue weighted by molar-refractivity contribution is -0.113. The summed E-state index contributed by atoms with van der Waals surface area (Å²) < 4.78 is 13.1. The molecule has 7 nitrogen and oxygen atoms in total. The molecular weight excluding hydrogens is 447 g/mol. The summed E-state index contributed by atoms with van der Waals surface area (Å²) in [6.07, 6.45) is -0.368. The first kappa shape index (κ1) is 22.3. The summed E-state index contributed by atoms with van der Waals surface area (Å²) in [7, 11) is 3.41. The molecule has 10 heteroatoms. The molecule has 1 heterocycles. The number of hydrogen-bond acceptors (Lipinski definition) is 6. The molecule has 0 saturated carbocycles. The van der Waals surface area contributed by atoms with Crippen molar-refractivity contribution in [3.8, 4) is 11.5 Å². The molecule has 0 aliphatic rings. The van der Waals surface area contributed by atoms with Gasteiger partial charge in [-0.3, -0.25) is 4.79 Å². The van der Waals surface area contributed by atoms with Crippen LogP contribution in [0.4, 0.5) is 5.69 Å².